The fourth-order valence-electron chi connectivity index (χ4n) is 4.11. The Bertz CT molecular complexity index is 1170. The molecule has 0 bridgehead atoms. The SMILES string of the molecule is Cc1ccc(-n2cnc(C3(Nc4nccc(N5C(=O)NC[C@@H]5C(C)C)n4)CC3)c2)cc1Cl. The molecule has 0 unspecified atom stereocenters. The van der Waals surface area contributed by atoms with Gasteiger partial charge in [-0.25, -0.2) is 14.8 Å². The van der Waals surface area contributed by atoms with Gasteiger partial charge in [-0.3, -0.25) is 4.90 Å². The number of aryl methyl sites for hydroxylation is 1. The maximum atomic E-state index is 12.4. The number of benzene rings is 1. The second-order valence-electron chi connectivity index (χ2n) is 8.91. The average Bonchev–Trinajstić information content (AvgIpc) is 3.20. The molecule has 1 aliphatic heterocycles. The third-order valence-corrected chi connectivity index (χ3v) is 6.70. The highest BCUT2D eigenvalue weighted by Crippen LogP contribution is 2.47. The Morgan fingerprint density at radius 1 is 1.25 bits per heavy atom. The molecule has 1 saturated carbocycles. The minimum Gasteiger partial charge on any atom is -0.343 e. The molecule has 0 radical (unpaired) electrons. The Morgan fingerprint density at radius 2 is 2.06 bits per heavy atom. The number of carbonyl (C=O) groups excluding carboxylic acids is 1. The van der Waals surface area contributed by atoms with Gasteiger partial charge in [-0.15, -0.1) is 0 Å². The molecule has 1 saturated heterocycles. The van der Waals surface area contributed by atoms with E-state index in [-0.39, 0.29) is 17.6 Å². The van der Waals surface area contributed by atoms with Crippen molar-refractivity contribution >= 4 is 29.4 Å². The maximum Gasteiger partial charge on any atom is 0.323 e. The van der Waals surface area contributed by atoms with E-state index in [0.29, 0.717) is 24.2 Å². The van der Waals surface area contributed by atoms with E-state index in [4.69, 9.17) is 11.6 Å². The van der Waals surface area contributed by atoms with Crippen molar-refractivity contribution in [3.8, 4) is 5.69 Å². The third kappa shape index (κ3) is 3.68. The first-order valence-electron chi connectivity index (χ1n) is 10.9. The highest BCUT2D eigenvalue weighted by molar-refractivity contribution is 6.31. The summed E-state index contributed by atoms with van der Waals surface area (Å²) in [7, 11) is 0. The van der Waals surface area contributed by atoms with E-state index < -0.39 is 0 Å². The summed E-state index contributed by atoms with van der Waals surface area (Å²) < 4.78 is 1.97. The molecule has 32 heavy (non-hydrogen) atoms. The smallest absolute Gasteiger partial charge is 0.323 e. The van der Waals surface area contributed by atoms with Crippen molar-refractivity contribution in [2.75, 3.05) is 16.8 Å². The van der Waals surface area contributed by atoms with Gasteiger partial charge in [0.1, 0.15) is 5.82 Å². The quantitative estimate of drug-likeness (QED) is 0.584. The molecule has 3 aromatic rings. The van der Waals surface area contributed by atoms with Crippen LogP contribution in [0.1, 0.15) is 37.9 Å². The van der Waals surface area contributed by atoms with E-state index in [1.807, 2.05) is 35.9 Å². The molecule has 166 valence electrons. The summed E-state index contributed by atoms with van der Waals surface area (Å²) >= 11 is 6.29. The lowest BCUT2D eigenvalue weighted by Gasteiger charge is -2.25. The van der Waals surface area contributed by atoms with E-state index in [0.717, 1.165) is 34.8 Å². The van der Waals surface area contributed by atoms with E-state index in [2.05, 4.69) is 39.4 Å². The molecule has 1 atom stereocenters. The second-order valence-corrected chi connectivity index (χ2v) is 9.32. The van der Waals surface area contributed by atoms with Crippen LogP contribution in [-0.2, 0) is 5.54 Å². The summed E-state index contributed by atoms with van der Waals surface area (Å²) in [5.41, 5.74) is 2.64. The van der Waals surface area contributed by atoms with Crippen molar-refractivity contribution < 1.29 is 4.79 Å². The second kappa shape index (κ2) is 7.78. The third-order valence-electron chi connectivity index (χ3n) is 6.30. The molecular formula is C23H26ClN7O. The van der Waals surface area contributed by atoms with Crippen molar-refractivity contribution in [2.24, 2.45) is 5.92 Å². The first-order valence-corrected chi connectivity index (χ1v) is 11.2. The number of halogens is 1. The van der Waals surface area contributed by atoms with Gasteiger partial charge >= 0.3 is 6.03 Å². The average molecular weight is 452 g/mol. The fourth-order valence-corrected chi connectivity index (χ4v) is 4.28. The van der Waals surface area contributed by atoms with Crippen LogP contribution in [0.25, 0.3) is 5.69 Å². The standard InChI is InChI=1S/C23H26ClN7O/c1-14(2)18-11-26-22(32)31(18)20-6-9-25-21(28-20)29-23(7-8-23)19-12-30(13-27-19)16-5-4-15(3)17(24)10-16/h4-6,9-10,12-14,18H,7-8,11H2,1-3H3,(H,26,32)(H,25,28,29)/t18-/m1/s1. The Labute approximate surface area is 192 Å². The van der Waals surface area contributed by atoms with E-state index in [9.17, 15) is 4.79 Å². The van der Waals surface area contributed by atoms with E-state index in [1.54, 1.807) is 23.5 Å². The number of hydrogen-bond acceptors (Lipinski definition) is 5. The Morgan fingerprint density at radius 3 is 2.78 bits per heavy atom. The zero-order valence-corrected chi connectivity index (χ0v) is 19.1. The Kier molecular flexibility index (Phi) is 5.04. The molecular weight excluding hydrogens is 426 g/mol. The predicted molar refractivity (Wildman–Crippen MR) is 124 cm³/mol. The van der Waals surface area contributed by atoms with Gasteiger partial charge in [-0.2, -0.15) is 4.98 Å². The van der Waals surface area contributed by atoms with Crippen LogP contribution < -0.4 is 15.5 Å². The number of amides is 2. The van der Waals surface area contributed by atoms with Crippen molar-refractivity contribution in [3.63, 3.8) is 0 Å². The summed E-state index contributed by atoms with van der Waals surface area (Å²) in [6, 6.07) is 7.69. The van der Waals surface area contributed by atoms with Crippen LogP contribution in [0, 0.1) is 12.8 Å². The first kappa shape index (κ1) is 20.8. The summed E-state index contributed by atoms with van der Waals surface area (Å²) in [6.07, 6.45) is 7.39. The van der Waals surface area contributed by atoms with Crippen molar-refractivity contribution in [2.45, 2.75) is 45.2 Å². The summed E-state index contributed by atoms with van der Waals surface area (Å²) in [4.78, 5) is 27.9. The fraction of sp³-hybridized carbons (Fsp3) is 0.391. The summed E-state index contributed by atoms with van der Waals surface area (Å²) in [5.74, 6) is 1.41. The van der Waals surface area contributed by atoms with Gasteiger partial charge in [0.15, 0.2) is 0 Å². The number of carbonyl (C=O) groups is 1. The van der Waals surface area contributed by atoms with Crippen LogP contribution in [-0.4, -0.2) is 38.1 Å². The summed E-state index contributed by atoms with van der Waals surface area (Å²) in [5, 5.41) is 7.12. The number of anilines is 2. The van der Waals surface area contributed by atoms with E-state index >= 15 is 0 Å². The number of hydrogen-bond donors (Lipinski definition) is 2. The Hall–Kier alpha value is -3.13. The van der Waals surface area contributed by atoms with Gasteiger partial charge in [0, 0.05) is 29.6 Å². The van der Waals surface area contributed by atoms with Crippen LogP contribution >= 0.6 is 11.6 Å². The zero-order chi connectivity index (χ0) is 22.5. The van der Waals surface area contributed by atoms with E-state index in [1.165, 1.54) is 0 Å². The topological polar surface area (TPSA) is 88.0 Å². The van der Waals surface area contributed by atoms with Gasteiger partial charge in [-0.1, -0.05) is 31.5 Å². The Balaban J connectivity index is 1.38. The minimum absolute atomic E-state index is 0.0668. The number of urea groups is 1. The van der Waals surface area contributed by atoms with Crippen LogP contribution in [0.15, 0.2) is 43.0 Å². The van der Waals surface area contributed by atoms with Crippen molar-refractivity contribution in [3.05, 3.63) is 59.3 Å². The molecule has 2 amide bonds. The first-order chi connectivity index (χ1) is 15.4. The number of aromatic nitrogens is 4. The number of rotatable bonds is 6. The highest BCUT2D eigenvalue weighted by atomic mass is 35.5. The molecule has 3 heterocycles. The lowest BCUT2D eigenvalue weighted by atomic mass is 10.0. The number of nitrogens with one attached hydrogen (secondary N) is 2. The van der Waals surface area contributed by atoms with Gasteiger partial charge in [-0.05, 0) is 49.4 Å². The molecule has 1 aliphatic carbocycles. The maximum absolute atomic E-state index is 12.4. The molecule has 2 N–H and O–H groups in total. The zero-order valence-electron chi connectivity index (χ0n) is 18.3. The monoisotopic (exact) mass is 451 g/mol. The minimum atomic E-state index is -0.302. The van der Waals surface area contributed by atoms with Gasteiger partial charge in [0.2, 0.25) is 5.95 Å². The predicted octanol–water partition coefficient (Wildman–Crippen LogP) is 4.28. The van der Waals surface area contributed by atoms with Crippen molar-refractivity contribution in [1.29, 1.82) is 0 Å². The molecule has 9 heteroatoms. The normalized spacial score (nSPS) is 19.3. The molecule has 1 aromatic carbocycles. The van der Waals surface area contributed by atoms with Gasteiger partial charge in [0.05, 0.1) is 23.6 Å². The van der Waals surface area contributed by atoms with Crippen LogP contribution in [0.4, 0.5) is 16.6 Å². The van der Waals surface area contributed by atoms with Crippen LogP contribution in [0.3, 0.4) is 0 Å². The lowest BCUT2D eigenvalue weighted by molar-refractivity contribution is 0.251. The summed E-state index contributed by atoms with van der Waals surface area (Å²) in [6.45, 7) is 6.82. The molecule has 8 nitrogen and oxygen atoms in total. The highest BCUT2D eigenvalue weighted by Gasteiger charge is 2.47. The molecule has 2 aliphatic rings. The molecule has 5 rings (SSSR count). The van der Waals surface area contributed by atoms with Crippen LogP contribution in [0.5, 0.6) is 0 Å². The van der Waals surface area contributed by atoms with Crippen molar-refractivity contribution in [1.82, 2.24) is 24.8 Å². The van der Waals surface area contributed by atoms with Gasteiger partial charge in [0.25, 0.3) is 0 Å². The van der Waals surface area contributed by atoms with Gasteiger partial charge < -0.3 is 15.2 Å². The van der Waals surface area contributed by atoms with Crippen LogP contribution in [0.2, 0.25) is 5.02 Å². The molecule has 2 fully saturated rings. The largest absolute Gasteiger partial charge is 0.343 e. The number of imidazole rings is 1. The number of nitrogens with zero attached hydrogens (tertiary/aromatic N) is 5. The molecule has 0 spiro atoms. The molecule has 2 aromatic heterocycles. The lowest BCUT2D eigenvalue weighted by Crippen LogP contribution is -2.38.